The Balaban J connectivity index is 2.91. The number of hydrogen-bond donors (Lipinski definition) is 2. The van der Waals surface area contributed by atoms with Gasteiger partial charge in [-0.25, -0.2) is 18.1 Å². The maximum absolute atomic E-state index is 12.2. The van der Waals surface area contributed by atoms with Gasteiger partial charge in [0.25, 0.3) is 0 Å². The van der Waals surface area contributed by atoms with Gasteiger partial charge in [0.2, 0.25) is 10.0 Å². The lowest BCUT2D eigenvalue weighted by atomic mass is 10.4. The third-order valence-corrected chi connectivity index (χ3v) is 5.29. The van der Waals surface area contributed by atoms with Gasteiger partial charge in [-0.15, -0.1) is 0 Å². The van der Waals surface area contributed by atoms with Gasteiger partial charge >= 0.3 is 0 Å². The molecule has 0 aromatic carbocycles. The van der Waals surface area contributed by atoms with Crippen molar-refractivity contribution in [3.63, 3.8) is 0 Å². The van der Waals surface area contributed by atoms with Crippen LogP contribution in [0.3, 0.4) is 0 Å². The minimum absolute atomic E-state index is 0.103. The fraction of sp³-hybridized carbons (Fsp3) is 0.545. The first-order valence-electron chi connectivity index (χ1n) is 5.89. The topological polar surface area (TPSA) is 88.2 Å². The van der Waals surface area contributed by atoms with Crippen molar-refractivity contribution in [2.75, 3.05) is 24.7 Å². The Bertz CT molecular complexity index is 546. The zero-order valence-electron chi connectivity index (χ0n) is 11.2. The largest absolute Gasteiger partial charge is 0.369 e. The van der Waals surface area contributed by atoms with Crippen molar-refractivity contribution in [3.8, 4) is 0 Å². The molecule has 2 N–H and O–H groups in total. The summed E-state index contributed by atoms with van der Waals surface area (Å²) in [6.45, 7) is 4.30. The van der Waals surface area contributed by atoms with Gasteiger partial charge in [-0.2, -0.15) is 0 Å². The third kappa shape index (κ3) is 4.55. The minimum atomic E-state index is -3.65. The van der Waals surface area contributed by atoms with Crippen LogP contribution < -0.4 is 10.0 Å². The summed E-state index contributed by atoms with van der Waals surface area (Å²) in [4.78, 5) is 4.11. The van der Waals surface area contributed by atoms with E-state index in [1.165, 1.54) is 12.3 Å². The number of pyridine rings is 1. The highest BCUT2D eigenvalue weighted by molar-refractivity contribution is 7.89. The first-order chi connectivity index (χ1) is 8.88. The van der Waals surface area contributed by atoms with Gasteiger partial charge in [-0.3, -0.25) is 4.21 Å². The van der Waals surface area contributed by atoms with E-state index >= 15 is 0 Å². The number of hydrogen-bond acceptors (Lipinski definition) is 5. The molecule has 1 aromatic heterocycles. The van der Waals surface area contributed by atoms with Crippen molar-refractivity contribution in [1.29, 1.82) is 0 Å². The van der Waals surface area contributed by atoms with Crippen LogP contribution >= 0.6 is 0 Å². The van der Waals surface area contributed by atoms with Gasteiger partial charge in [0, 0.05) is 41.6 Å². The average molecular weight is 305 g/mol. The molecule has 0 aliphatic rings. The van der Waals surface area contributed by atoms with Crippen molar-refractivity contribution in [3.05, 3.63) is 18.3 Å². The molecule has 1 rings (SSSR count). The molecule has 0 radical (unpaired) electrons. The highest BCUT2D eigenvalue weighted by Gasteiger charge is 2.20. The fourth-order valence-corrected chi connectivity index (χ4v) is 3.02. The molecule has 0 saturated carbocycles. The summed E-state index contributed by atoms with van der Waals surface area (Å²) >= 11 is 0. The Morgan fingerprint density at radius 3 is 2.74 bits per heavy atom. The van der Waals surface area contributed by atoms with Gasteiger partial charge in [-0.05, 0) is 26.0 Å². The molecule has 1 heterocycles. The smallest absolute Gasteiger partial charge is 0.244 e. The molecule has 0 spiro atoms. The molecule has 0 aliphatic carbocycles. The van der Waals surface area contributed by atoms with E-state index in [-0.39, 0.29) is 16.7 Å². The molecule has 19 heavy (non-hydrogen) atoms. The number of anilines is 1. The average Bonchev–Trinajstić information content (AvgIpc) is 2.37. The number of nitrogens with one attached hydrogen (secondary N) is 2. The summed E-state index contributed by atoms with van der Waals surface area (Å²) in [5.74, 6) is 0.322. The quantitative estimate of drug-likeness (QED) is 0.768. The highest BCUT2D eigenvalue weighted by Crippen LogP contribution is 2.17. The Hall–Kier alpha value is -0.990. The standard InChI is InChI=1S/C11H19N3O3S2/c1-4-12-11-10(6-5-7-13-11)19(16,17)14-8-9(2)18(3)15/h5-7,9,14H,4,8H2,1-3H3,(H,12,13). The number of sulfonamides is 1. The molecule has 108 valence electrons. The second-order valence-corrected chi connectivity index (χ2v) is 7.58. The SMILES string of the molecule is CCNc1ncccc1S(=O)(=O)NCC(C)S(C)=O. The van der Waals surface area contributed by atoms with Crippen molar-refractivity contribution in [1.82, 2.24) is 9.71 Å². The second kappa shape index (κ2) is 6.97. The van der Waals surface area contributed by atoms with E-state index in [9.17, 15) is 12.6 Å². The third-order valence-electron chi connectivity index (χ3n) is 2.53. The van der Waals surface area contributed by atoms with Crippen LogP contribution in [-0.4, -0.2) is 42.2 Å². The number of nitrogens with zero attached hydrogens (tertiary/aromatic N) is 1. The van der Waals surface area contributed by atoms with E-state index in [1.807, 2.05) is 6.92 Å². The van der Waals surface area contributed by atoms with Crippen LogP contribution in [0.5, 0.6) is 0 Å². The van der Waals surface area contributed by atoms with Gasteiger partial charge in [0.1, 0.15) is 10.7 Å². The summed E-state index contributed by atoms with van der Waals surface area (Å²) < 4.78 is 38.0. The molecular weight excluding hydrogens is 286 g/mol. The maximum atomic E-state index is 12.2. The predicted octanol–water partition coefficient (Wildman–Crippen LogP) is 0.559. The zero-order valence-corrected chi connectivity index (χ0v) is 12.8. The maximum Gasteiger partial charge on any atom is 0.244 e. The lowest BCUT2D eigenvalue weighted by molar-refractivity contribution is 0.580. The first-order valence-corrected chi connectivity index (χ1v) is 8.99. The van der Waals surface area contributed by atoms with Gasteiger partial charge in [0.15, 0.2) is 0 Å². The minimum Gasteiger partial charge on any atom is -0.369 e. The predicted molar refractivity (Wildman–Crippen MR) is 77.1 cm³/mol. The summed E-state index contributed by atoms with van der Waals surface area (Å²) in [7, 11) is -4.72. The Labute approximate surface area is 116 Å². The molecule has 8 heteroatoms. The van der Waals surface area contributed by atoms with Crippen molar-refractivity contribution >= 4 is 26.6 Å². The molecule has 1 aromatic rings. The van der Waals surface area contributed by atoms with Crippen molar-refractivity contribution in [2.24, 2.45) is 0 Å². The monoisotopic (exact) mass is 305 g/mol. The number of rotatable bonds is 7. The molecule has 2 atom stereocenters. The van der Waals surface area contributed by atoms with E-state index < -0.39 is 20.8 Å². The van der Waals surface area contributed by atoms with Crippen LogP contribution in [0.25, 0.3) is 0 Å². The van der Waals surface area contributed by atoms with E-state index in [1.54, 1.807) is 19.2 Å². The highest BCUT2D eigenvalue weighted by atomic mass is 32.2. The summed E-state index contributed by atoms with van der Waals surface area (Å²) in [5.41, 5.74) is 0. The Morgan fingerprint density at radius 2 is 2.16 bits per heavy atom. The fourth-order valence-electron chi connectivity index (χ4n) is 1.33. The van der Waals surface area contributed by atoms with Crippen LogP contribution in [0.4, 0.5) is 5.82 Å². The van der Waals surface area contributed by atoms with E-state index in [4.69, 9.17) is 0 Å². The summed E-state index contributed by atoms with van der Waals surface area (Å²) in [6.07, 6.45) is 3.08. The molecular formula is C11H19N3O3S2. The van der Waals surface area contributed by atoms with Crippen molar-refractivity contribution in [2.45, 2.75) is 24.0 Å². The molecule has 0 bridgehead atoms. The lowest BCUT2D eigenvalue weighted by Gasteiger charge is -2.13. The first kappa shape index (κ1) is 16.1. The molecule has 0 aliphatic heterocycles. The normalized spacial score (nSPS) is 14.9. The van der Waals surface area contributed by atoms with Crippen LogP contribution in [0.1, 0.15) is 13.8 Å². The van der Waals surface area contributed by atoms with E-state index in [2.05, 4.69) is 15.0 Å². The van der Waals surface area contributed by atoms with Crippen LogP contribution in [-0.2, 0) is 20.8 Å². The van der Waals surface area contributed by atoms with Crippen molar-refractivity contribution < 1.29 is 12.6 Å². The van der Waals surface area contributed by atoms with Crippen LogP contribution in [0.15, 0.2) is 23.2 Å². The van der Waals surface area contributed by atoms with E-state index in [0.29, 0.717) is 12.4 Å². The van der Waals surface area contributed by atoms with Gasteiger partial charge in [0.05, 0.1) is 0 Å². The van der Waals surface area contributed by atoms with Crippen LogP contribution in [0, 0.1) is 0 Å². The molecule has 6 nitrogen and oxygen atoms in total. The lowest BCUT2D eigenvalue weighted by Crippen LogP contribution is -2.33. The van der Waals surface area contributed by atoms with Gasteiger partial charge < -0.3 is 5.32 Å². The van der Waals surface area contributed by atoms with Crippen LogP contribution in [0.2, 0.25) is 0 Å². The molecule has 0 fully saturated rings. The summed E-state index contributed by atoms with van der Waals surface area (Å²) in [5, 5.41) is 2.66. The molecule has 2 unspecified atom stereocenters. The van der Waals surface area contributed by atoms with Gasteiger partial charge in [-0.1, -0.05) is 0 Å². The Kier molecular flexibility index (Phi) is 5.89. The summed E-state index contributed by atoms with van der Waals surface area (Å²) in [6, 6.07) is 3.05. The van der Waals surface area contributed by atoms with E-state index in [0.717, 1.165) is 0 Å². The Morgan fingerprint density at radius 1 is 1.47 bits per heavy atom. The molecule has 0 saturated heterocycles. The zero-order chi connectivity index (χ0) is 14.5. The number of aromatic nitrogens is 1. The molecule has 0 amide bonds. The second-order valence-electron chi connectivity index (χ2n) is 4.04.